The van der Waals surface area contributed by atoms with E-state index in [-0.39, 0.29) is 5.70 Å². The second kappa shape index (κ2) is 9.53. The number of fused-ring (bicyclic) bond motifs is 1. The lowest BCUT2D eigenvalue weighted by Gasteiger charge is -2.11. The number of esters is 1. The number of hydrogen-bond donors (Lipinski definition) is 0. The van der Waals surface area contributed by atoms with Crippen molar-refractivity contribution in [1.82, 2.24) is 0 Å². The summed E-state index contributed by atoms with van der Waals surface area (Å²) in [6, 6.07) is 27.3. The fourth-order valence-corrected chi connectivity index (χ4v) is 4.14. The third-order valence-corrected chi connectivity index (χ3v) is 5.88. The predicted octanol–water partition coefficient (Wildman–Crippen LogP) is 6.53. The molecule has 0 bridgehead atoms. The predicted molar refractivity (Wildman–Crippen MR) is 136 cm³/mol. The van der Waals surface area contributed by atoms with Gasteiger partial charge in [-0.05, 0) is 64.4 Å². The van der Waals surface area contributed by atoms with Crippen molar-refractivity contribution in [2.75, 3.05) is 7.11 Å². The van der Waals surface area contributed by atoms with Crippen molar-refractivity contribution in [2.45, 2.75) is 6.61 Å². The fraction of sp³-hybridized carbons (Fsp3) is 0.0714. The molecule has 6 heteroatoms. The molecule has 1 aliphatic heterocycles. The van der Waals surface area contributed by atoms with Crippen LogP contribution < -0.4 is 9.47 Å². The van der Waals surface area contributed by atoms with Crippen molar-refractivity contribution in [3.8, 4) is 11.5 Å². The molecule has 1 heterocycles. The van der Waals surface area contributed by atoms with E-state index in [9.17, 15) is 4.79 Å². The highest BCUT2D eigenvalue weighted by Crippen LogP contribution is 2.31. The van der Waals surface area contributed by atoms with Crippen LogP contribution in [0.25, 0.3) is 16.8 Å². The van der Waals surface area contributed by atoms with Gasteiger partial charge in [0, 0.05) is 10.0 Å². The minimum absolute atomic E-state index is 0.230. The molecule has 4 aromatic carbocycles. The van der Waals surface area contributed by atoms with Gasteiger partial charge in [-0.15, -0.1) is 0 Å². The largest absolute Gasteiger partial charge is 0.493 e. The summed E-state index contributed by atoms with van der Waals surface area (Å²) in [5.41, 5.74) is 2.77. The van der Waals surface area contributed by atoms with Gasteiger partial charge >= 0.3 is 5.97 Å². The second-order valence-corrected chi connectivity index (χ2v) is 8.64. The van der Waals surface area contributed by atoms with E-state index in [0.29, 0.717) is 24.0 Å². The number of halogens is 1. The number of benzene rings is 4. The normalized spacial score (nSPS) is 14.2. The van der Waals surface area contributed by atoms with E-state index in [4.69, 9.17) is 14.2 Å². The van der Waals surface area contributed by atoms with Gasteiger partial charge in [0.1, 0.15) is 6.61 Å². The lowest BCUT2D eigenvalue weighted by Crippen LogP contribution is -2.05. The molecule has 0 aromatic heterocycles. The van der Waals surface area contributed by atoms with Crippen LogP contribution in [0.15, 0.2) is 100 Å². The van der Waals surface area contributed by atoms with Crippen LogP contribution in [0.2, 0.25) is 0 Å². The molecule has 4 aromatic rings. The van der Waals surface area contributed by atoms with E-state index in [1.165, 1.54) is 0 Å². The van der Waals surface area contributed by atoms with E-state index < -0.39 is 5.97 Å². The third kappa shape index (κ3) is 4.72. The molecular weight excluding hydrogens is 494 g/mol. The van der Waals surface area contributed by atoms with Crippen LogP contribution >= 0.6 is 15.9 Å². The van der Waals surface area contributed by atoms with Gasteiger partial charge in [-0.3, -0.25) is 0 Å². The molecule has 0 atom stereocenters. The van der Waals surface area contributed by atoms with Gasteiger partial charge < -0.3 is 14.2 Å². The van der Waals surface area contributed by atoms with Gasteiger partial charge in [0.15, 0.2) is 17.2 Å². The molecule has 0 spiro atoms. The minimum atomic E-state index is -0.489. The highest BCUT2D eigenvalue weighted by molar-refractivity contribution is 9.10. The summed E-state index contributed by atoms with van der Waals surface area (Å²) >= 11 is 3.47. The molecule has 5 rings (SSSR count). The number of cyclic esters (lactones) is 1. The molecule has 0 amide bonds. The number of carbonyl (C=O) groups excluding carboxylic acids is 1. The molecule has 0 radical (unpaired) electrons. The Morgan fingerprint density at radius 2 is 1.76 bits per heavy atom. The van der Waals surface area contributed by atoms with Gasteiger partial charge in [0.2, 0.25) is 5.90 Å². The lowest BCUT2D eigenvalue weighted by molar-refractivity contribution is -0.129. The van der Waals surface area contributed by atoms with E-state index >= 15 is 0 Å². The maximum atomic E-state index is 12.5. The second-order valence-electron chi connectivity index (χ2n) is 7.73. The van der Waals surface area contributed by atoms with Crippen LogP contribution in [0, 0.1) is 0 Å². The number of nitrogens with zero attached hydrogens (tertiary/aromatic N) is 1. The fourth-order valence-electron chi connectivity index (χ4n) is 3.69. The summed E-state index contributed by atoms with van der Waals surface area (Å²) in [5, 5.41) is 2.17. The van der Waals surface area contributed by atoms with Crippen LogP contribution in [0.5, 0.6) is 11.5 Å². The van der Waals surface area contributed by atoms with Gasteiger partial charge in [-0.2, -0.15) is 0 Å². The molecule has 0 N–H and O–H groups in total. The van der Waals surface area contributed by atoms with Crippen molar-refractivity contribution in [1.29, 1.82) is 0 Å². The van der Waals surface area contributed by atoms with Crippen molar-refractivity contribution >= 4 is 44.6 Å². The zero-order valence-electron chi connectivity index (χ0n) is 18.3. The Bertz CT molecular complexity index is 1460. The van der Waals surface area contributed by atoms with Crippen molar-refractivity contribution < 1.29 is 19.0 Å². The Morgan fingerprint density at radius 1 is 0.912 bits per heavy atom. The maximum absolute atomic E-state index is 12.5. The van der Waals surface area contributed by atoms with Gasteiger partial charge in [0.05, 0.1) is 7.11 Å². The van der Waals surface area contributed by atoms with Crippen molar-refractivity contribution in [3.63, 3.8) is 0 Å². The molecule has 1 aliphatic rings. The van der Waals surface area contributed by atoms with Crippen LogP contribution in [-0.2, 0) is 16.1 Å². The first-order valence-corrected chi connectivity index (χ1v) is 11.5. The summed E-state index contributed by atoms with van der Waals surface area (Å²) < 4.78 is 17.9. The van der Waals surface area contributed by atoms with Gasteiger partial charge in [-0.25, -0.2) is 9.79 Å². The smallest absolute Gasteiger partial charge is 0.363 e. The van der Waals surface area contributed by atoms with E-state index in [0.717, 1.165) is 31.9 Å². The Kier molecular flexibility index (Phi) is 6.14. The van der Waals surface area contributed by atoms with Crippen LogP contribution in [-0.4, -0.2) is 19.0 Å². The Balaban J connectivity index is 1.37. The number of aliphatic imine (C=N–C) groups is 1. The zero-order valence-corrected chi connectivity index (χ0v) is 19.9. The summed E-state index contributed by atoms with van der Waals surface area (Å²) in [6.45, 7) is 0.405. The molecule has 34 heavy (non-hydrogen) atoms. The number of ether oxygens (including phenoxy) is 3. The zero-order chi connectivity index (χ0) is 23.5. The summed E-state index contributed by atoms with van der Waals surface area (Å²) in [5.74, 6) is 0.980. The van der Waals surface area contributed by atoms with Crippen molar-refractivity contribution in [2.24, 2.45) is 4.99 Å². The molecule has 5 nitrogen and oxygen atoms in total. The summed E-state index contributed by atoms with van der Waals surface area (Å²) in [6.07, 6.45) is 1.68. The maximum Gasteiger partial charge on any atom is 0.363 e. The highest BCUT2D eigenvalue weighted by atomic mass is 79.9. The first kappa shape index (κ1) is 21.9. The van der Waals surface area contributed by atoms with E-state index in [2.05, 4.69) is 20.9 Å². The average molecular weight is 514 g/mol. The highest BCUT2D eigenvalue weighted by Gasteiger charge is 2.24. The quantitative estimate of drug-likeness (QED) is 0.217. The van der Waals surface area contributed by atoms with Crippen molar-refractivity contribution in [3.05, 3.63) is 112 Å². The number of rotatable bonds is 6. The topological polar surface area (TPSA) is 57.1 Å². The number of carbonyl (C=O) groups is 1. The Labute approximate surface area is 205 Å². The Hall–Kier alpha value is -3.90. The first-order chi connectivity index (χ1) is 16.6. The standard InChI is InChI=1S/C28H20BrNO4/c1-32-26-15-18(9-12-25(26)33-17-19-5-4-8-23(29)13-19)14-24-28(31)34-27(30-24)22-11-10-20-6-2-3-7-21(20)16-22/h2-16H,17H2,1H3/b24-14-. The van der Waals surface area contributed by atoms with Crippen LogP contribution in [0.3, 0.4) is 0 Å². The van der Waals surface area contributed by atoms with Gasteiger partial charge in [-0.1, -0.05) is 64.5 Å². The summed E-state index contributed by atoms with van der Waals surface area (Å²) in [7, 11) is 1.58. The number of methoxy groups -OCH3 is 1. The monoisotopic (exact) mass is 513 g/mol. The molecule has 0 saturated carbocycles. The first-order valence-electron chi connectivity index (χ1n) is 10.7. The van der Waals surface area contributed by atoms with Crippen LogP contribution in [0.1, 0.15) is 16.7 Å². The molecule has 0 saturated heterocycles. The molecule has 0 fully saturated rings. The lowest BCUT2D eigenvalue weighted by atomic mass is 10.1. The van der Waals surface area contributed by atoms with E-state index in [1.54, 1.807) is 19.3 Å². The third-order valence-electron chi connectivity index (χ3n) is 5.39. The number of hydrogen-bond acceptors (Lipinski definition) is 5. The molecule has 0 aliphatic carbocycles. The SMILES string of the molecule is COc1cc(/C=C2\N=C(c3ccc4ccccc4c3)OC2=O)ccc1OCc1cccc(Br)c1. The molecule has 0 unspecified atom stereocenters. The molecule has 168 valence electrons. The summed E-state index contributed by atoms with van der Waals surface area (Å²) in [4.78, 5) is 16.9. The van der Waals surface area contributed by atoms with Crippen LogP contribution in [0.4, 0.5) is 0 Å². The molecular formula is C28H20BrNO4. The average Bonchev–Trinajstić information content (AvgIpc) is 3.22. The minimum Gasteiger partial charge on any atom is -0.493 e. The van der Waals surface area contributed by atoms with Gasteiger partial charge in [0.25, 0.3) is 0 Å². The Morgan fingerprint density at radius 3 is 2.59 bits per heavy atom. The van der Waals surface area contributed by atoms with E-state index in [1.807, 2.05) is 78.9 Å².